The molecule has 0 atom stereocenters. The van der Waals surface area contributed by atoms with E-state index in [9.17, 15) is 0 Å². The van der Waals surface area contributed by atoms with Gasteiger partial charge in [0.15, 0.2) is 0 Å². The summed E-state index contributed by atoms with van der Waals surface area (Å²) < 4.78 is 0. The normalized spacial score (nSPS) is 6.23. The Bertz CT molecular complexity index is 2490. The van der Waals surface area contributed by atoms with Crippen LogP contribution in [0.5, 0.6) is 0 Å². The molecule has 6 heteroatoms. The van der Waals surface area contributed by atoms with Crippen LogP contribution in [0.2, 0.25) is 0 Å². The van der Waals surface area contributed by atoms with E-state index >= 15 is 0 Å². The molecule has 0 N–H and O–H groups in total. The molecule has 125 heavy (non-hydrogen) atoms. The molecule has 0 nitrogen and oxygen atoms in total. The average molecular weight is 2170 g/mol. The molecule has 0 amide bonds. The number of fused-ring (bicyclic) bond motifs is 1. The van der Waals surface area contributed by atoms with E-state index in [0.29, 0.717) is 0 Å². The first-order chi connectivity index (χ1) is 52.6. The van der Waals surface area contributed by atoms with Crippen LogP contribution in [0.25, 0.3) is 10.8 Å². The van der Waals surface area contributed by atoms with E-state index in [1.807, 2.05) is 417 Å². The van der Waals surface area contributed by atoms with Crippen molar-refractivity contribution >= 4 is 10.8 Å². The van der Waals surface area contributed by atoms with E-state index in [1.54, 1.807) is 0 Å². The Balaban J connectivity index is -0.0000000257. The van der Waals surface area contributed by atoms with Crippen molar-refractivity contribution in [2.24, 2.45) is 0 Å². The predicted molar refractivity (Wildman–Crippen MR) is 587 cm³/mol. The van der Waals surface area contributed by atoms with Crippen LogP contribution in [-0.4, -0.2) is 0 Å². The Hall–Kier alpha value is -2.48. The molecule has 0 fully saturated rings. The van der Waals surface area contributed by atoms with Crippen LogP contribution >= 0.6 is 0 Å². The summed E-state index contributed by atoms with van der Waals surface area (Å²) in [6, 6.07) is 125. The van der Waals surface area contributed by atoms with Crippen molar-refractivity contribution in [1.29, 1.82) is 0 Å². The quantitative estimate of drug-likeness (QED) is 0.144. The number of rotatable bonds is 1. The van der Waals surface area contributed by atoms with Gasteiger partial charge in [-0.15, -0.1) is 0 Å². The monoisotopic (exact) mass is 2170 g/mol. The fourth-order valence-corrected chi connectivity index (χ4v) is 6.03. The van der Waals surface area contributed by atoms with Gasteiger partial charge in [0.2, 0.25) is 0 Å². The molecular weight excluding hydrogens is 1960 g/mol. The van der Waals surface area contributed by atoms with Gasteiger partial charge in [0.25, 0.3) is 0 Å². The molecule has 0 bridgehead atoms. The Labute approximate surface area is 947 Å². The first-order valence-corrected chi connectivity index (χ1v) is 41.2. The molecule has 0 unspecified atom stereocenters. The molecule has 0 saturated heterocycles. The zero-order chi connectivity index (χ0) is 84.7. The van der Waals surface area contributed by atoms with E-state index in [2.05, 4.69) is 196 Å². The van der Waals surface area contributed by atoms with Gasteiger partial charge in [-0.2, -0.15) is 0 Å². The molecule has 0 heterocycles. The van der Waals surface area contributed by atoms with Crippen molar-refractivity contribution in [1.82, 2.24) is 0 Å². The SMILES string of the molecule is CC.CC.CC.CC.CC.CC.CC.CC.CC.CC.CC.CC.CC.CCCC.Cc1ccccc1.Cc1ccccc1.Cc1ccccc1.Cc1ccccc1.Cc1ccccc1.Cc1ccccc1.Cc1ccccc1.[CH3-].[CH3-].[CH3-].[CH3-].[CH3-].[CH3-].[CH3-].[CH3-].[CH3-].[CH3-].[CH3-].[CH3-].[Y].[Y].[Y].[Y].[Y].[Y].c1ccc2ccccc2c1.c1ccccc1.c1ccccc1.c1ccccc1. The van der Waals surface area contributed by atoms with Crippen LogP contribution in [-0.2, 0) is 196 Å². The van der Waals surface area contributed by atoms with E-state index in [4.69, 9.17) is 0 Å². The Morgan fingerprint density at radius 3 is 0.216 bits per heavy atom. The zero-order valence-corrected chi connectivity index (χ0v) is 109. The van der Waals surface area contributed by atoms with Crippen molar-refractivity contribution < 1.29 is 196 Å². The van der Waals surface area contributed by atoms with Gasteiger partial charge in [0.1, 0.15) is 0 Å². The van der Waals surface area contributed by atoms with Crippen molar-refractivity contribution in [2.75, 3.05) is 0 Å². The largest absolute Gasteiger partial charge is 0.358 e. The molecule has 0 aliphatic rings. The minimum absolute atomic E-state index is 0. The molecular formula is C119H206Y6-12. The average Bonchev–Trinajstić information content (AvgIpc) is 0.872. The van der Waals surface area contributed by atoms with Crippen LogP contribution in [0, 0.1) is 138 Å². The van der Waals surface area contributed by atoms with Crippen LogP contribution in [0.4, 0.5) is 0 Å². The minimum atomic E-state index is 0. The Morgan fingerprint density at radius 2 is 0.168 bits per heavy atom. The first-order valence-electron chi connectivity index (χ1n) is 41.2. The predicted octanol–water partition coefficient (Wildman–Crippen LogP) is 42.4. The van der Waals surface area contributed by atoms with Gasteiger partial charge in [0, 0.05) is 196 Å². The minimum Gasteiger partial charge on any atom is -0.358 e. The van der Waals surface area contributed by atoms with Crippen molar-refractivity contribution in [3.8, 4) is 0 Å². The zero-order valence-electron chi connectivity index (χ0n) is 91.6. The van der Waals surface area contributed by atoms with Crippen molar-refractivity contribution in [2.45, 2.75) is 255 Å². The van der Waals surface area contributed by atoms with Gasteiger partial charge in [-0.25, -0.2) is 0 Å². The maximum absolute atomic E-state index is 2.18. The number of hydrogen-bond acceptors (Lipinski definition) is 0. The second-order valence-electron chi connectivity index (χ2n) is 18.4. The van der Waals surface area contributed by atoms with E-state index in [-0.39, 0.29) is 285 Å². The number of unbranched alkanes of at least 4 members (excludes halogenated alkanes) is 1. The molecule has 12 aromatic carbocycles. The number of benzene rings is 12. The second-order valence-corrected chi connectivity index (χ2v) is 18.4. The molecule has 0 spiro atoms. The third-order valence-electron chi connectivity index (χ3n) is 10.7. The summed E-state index contributed by atoms with van der Waals surface area (Å²) in [6.45, 7) is 70.9. The van der Waals surface area contributed by atoms with Gasteiger partial charge in [-0.3, -0.25) is 0 Å². The van der Waals surface area contributed by atoms with Gasteiger partial charge in [-0.1, -0.05) is 616 Å². The maximum atomic E-state index is 2.18. The topological polar surface area (TPSA) is 0 Å². The van der Waals surface area contributed by atoms with E-state index in [1.165, 1.54) is 62.6 Å². The van der Waals surface area contributed by atoms with E-state index in [0.717, 1.165) is 0 Å². The molecule has 12 rings (SSSR count). The van der Waals surface area contributed by atoms with Crippen LogP contribution < -0.4 is 0 Å². The molecule has 0 aromatic heterocycles. The van der Waals surface area contributed by atoms with Crippen LogP contribution in [0.1, 0.15) is 246 Å². The molecule has 12 aromatic rings. The smallest absolute Gasteiger partial charge is 0 e. The Morgan fingerprint density at radius 1 is 0.112 bits per heavy atom. The summed E-state index contributed by atoms with van der Waals surface area (Å²) >= 11 is 0. The fourth-order valence-electron chi connectivity index (χ4n) is 6.03. The summed E-state index contributed by atoms with van der Waals surface area (Å²) in [5.74, 6) is 0. The Kier molecular flexibility index (Phi) is 398. The number of hydrogen-bond donors (Lipinski definition) is 0. The molecule has 0 aliphatic carbocycles. The molecule has 712 valence electrons. The van der Waals surface area contributed by atoms with Gasteiger partial charge in [-0.05, 0) is 59.2 Å². The number of aryl methyl sites for hydroxylation is 7. The summed E-state index contributed by atoms with van der Waals surface area (Å²) in [7, 11) is 0. The van der Waals surface area contributed by atoms with Crippen molar-refractivity contribution in [3.63, 3.8) is 0 Å². The molecule has 6 radical (unpaired) electrons. The molecule has 0 saturated carbocycles. The fraction of sp³-hybridized carbons (Fsp3) is 0.311. The van der Waals surface area contributed by atoms with Crippen molar-refractivity contribution in [3.05, 3.63) is 498 Å². The third-order valence-corrected chi connectivity index (χ3v) is 10.7. The standard InChI is InChI=1S/C10H8.7C7H8.3C6H6.C4H10.13C2H6.12CH3.6Y/c1-2-6-10-8-4-3-7-9(10)5-1;7*1-7-5-3-2-4-6-7;3*1-2-4-6-5-3-1;1-3-4-2;13*1-2;;;;;;;;;;;;;;;;;;/h1-8H;7*2-6H,1H3;3*1-6H;3-4H2,1-2H3;13*1-2H3;12*1H3;;;;;;/q;;;;;;;;;;;;;;;;;;;;;;;;;12*-1;;;;;;. The summed E-state index contributed by atoms with van der Waals surface area (Å²) in [5, 5.41) is 2.62. The summed E-state index contributed by atoms with van der Waals surface area (Å²) in [4.78, 5) is 0. The summed E-state index contributed by atoms with van der Waals surface area (Å²) in [6.07, 6.45) is 2.64. The third kappa shape index (κ3) is 212. The van der Waals surface area contributed by atoms with Crippen LogP contribution in [0.3, 0.4) is 0 Å². The van der Waals surface area contributed by atoms with Crippen LogP contribution in [0.15, 0.2) is 370 Å². The maximum Gasteiger partial charge on any atom is 0 e. The summed E-state index contributed by atoms with van der Waals surface area (Å²) in [5.41, 5.74) is 9.25. The van der Waals surface area contributed by atoms with Gasteiger partial charge >= 0.3 is 0 Å². The van der Waals surface area contributed by atoms with Gasteiger partial charge < -0.3 is 89.1 Å². The second kappa shape index (κ2) is 230. The van der Waals surface area contributed by atoms with E-state index < -0.39 is 0 Å². The molecule has 0 aliphatic heterocycles. The van der Waals surface area contributed by atoms with Gasteiger partial charge in [0.05, 0.1) is 0 Å². The first kappa shape index (κ1) is 216.